The third kappa shape index (κ3) is 2.88. The van der Waals surface area contributed by atoms with Gasteiger partial charge in [-0.3, -0.25) is 14.5 Å². The van der Waals surface area contributed by atoms with Crippen LogP contribution < -0.4 is 5.32 Å². The fraction of sp³-hybridized carbons (Fsp3) is 0.611. The molecular weight excluding hydrogens is 372 g/mol. The van der Waals surface area contributed by atoms with Crippen LogP contribution in [0.1, 0.15) is 31.2 Å². The van der Waals surface area contributed by atoms with Gasteiger partial charge in [0.25, 0.3) is 0 Å². The predicted octanol–water partition coefficient (Wildman–Crippen LogP) is 1.04. The van der Waals surface area contributed by atoms with Crippen LogP contribution in [0, 0.1) is 11.8 Å². The van der Waals surface area contributed by atoms with E-state index in [2.05, 4.69) is 0 Å². The molecule has 1 aromatic rings. The van der Waals surface area contributed by atoms with Crippen molar-refractivity contribution in [2.75, 3.05) is 25.2 Å². The number of imide groups is 1. The molecule has 4 atom stereocenters. The molecule has 2 N–H and O–H groups in total. The van der Waals surface area contributed by atoms with Crippen LogP contribution in [0.3, 0.4) is 0 Å². The zero-order chi connectivity index (χ0) is 18.9. The number of hydrogen-bond donors (Lipinski definition) is 1. The number of quaternary nitrogens is 1. The predicted molar refractivity (Wildman–Crippen MR) is 101 cm³/mol. The molecule has 6 nitrogen and oxygen atoms in total. The van der Waals surface area contributed by atoms with E-state index in [0.29, 0.717) is 13.0 Å². The minimum Gasteiger partial charge on any atom is -0.461 e. The molecule has 0 bridgehead atoms. The number of amides is 2. The van der Waals surface area contributed by atoms with Gasteiger partial charge in [-0.25, -0.2) is 4.79 Å². The molecule has 0 saturated carbocycles. The number of carbonyl (C=O) groups excluding carboxylic acids is 3. The lowest BCUT2D eigenvalue weighted by Gasteiger charge is -2.29. The van der Waals surface area contributed by atoms with Crippen LogP contribution in [0.25, 0.3) is 0 Å². The quantitative estimate of drug-likeness (QED) is 0.549. The van der Waals surface area contributed by atoms with E-state index < -0.39 is 17.4 Å². The Bertz CT molecular complexity index is 693. The Balaban J connectivity index is 2.10. The Morgan fingerprint density at radius 2 is 2.15 bits per heavy atom. The number of nitrogens with two attached hydrogens (primary N) is 1. The Morgan fingerprint density at radius 1 is 1.38 bits per heavy atom. The topological polar surface area (TPSA) is 80.3 Å². The second-order valence-electron chi connectivity index (χ2n) is 6.64. The summed E-state index contributed by atoms with van der Waals surface area (Å²) >= 11 is 3.19. The van der Waals surface area contributed by atoms with Crippen LogP contribution in [0.5, 0.6) is 0 Å². The number of rotatable bonds is 7. The average Bonchev–Trinajstić information content (AvgIpc) is 3.31. The molecule has 2 fully saturated rings. The third-order valence-electron chi connectivity index (χ3n) is 5.42. The maximum atomic E-state index is 13.1. The number of fused-ring (bicyclic) bond motifs is 1. The number of thioether (sulfide) groups is 1. The number of hydrogen-bond acceptors (Lipinski definition) is 6. The molecule has 0 unspecified atom stereocenters. The number of esters is 1. The van der Waals surface area contributed by atoms with Gasteiger partial charge in [-0.05, 0) is 37.3 Å². The van der Waals surface area contributed by atoms with E-state index in [9.17, 15) is 14.4 Å². The smallest absolute Gasteiger partial charge is 0.368 e. The Morgan fingerprint density at radius 3 is 2.73 bits per heavy atom. The van der Waals surface area contributed by atoms with Gasteiger partial charge in [-0.15, -0.1) is 11.3 Å². The average molecular weight is 398 g/mol. The van der Waals surface area contributed by atoms with Crippen LogP contribution in [0.15, 0.2) is 17.5 Å². The maximum absolute atomic E-state index is 13.1. The molecule has 2 aliphatic rings. The monoisotopic (exact) mass is 397 g/mol. The Hall–Kier alpha value is -1.38. The maximum Gasteiger partial charge on any atom is 0.368 e. The first-order chi connectivity index (χ1) is 12.5. The first kappa shape index (κ1) is 19.4. The highest BCUT2D eigenvalue weighted by atomic mass is 32.2. The first-order valence-corrected chi connectivity index (χ1v) is 11.2. The molecule has 0 aliphatic carbocycles. The molecule has 3 rings (SSSR count). The summed E-state index contributed by atoms with van der Waals surface area (Å²) in [4.78, 5) is 41.5. The summed E-state index contributed by atoms with van der Waals surface area (Å²) in [5, 5.41) is 3.91. The van der Waals surface area contributed by atoms with Crippen molar-refractivity contribution in [1.29, 1.82) is 0 Å². The van der Waals surface area contributed by atoms with E-state index in [-0.39, 0.29) is 30.4 Å². The van der Waals surface area contributed by atoms with Gasteiger partial charge in [0, 0.05) is 13.0 Å². The van der Waals surface area contributed by atoms with Gasteiger partial charge in [0.15, 0.2) is 0 Å². The zero-order valence-corrected chi connectivity index (χ0v) is 16.9. The lowest BCUT2D eigenvalue weighted by atomic mass is 9.78. The lowest BCUT2D eigenvalue weighted by molar-refractivity contribution is -0.734. The minimum absolute atomic E-state index is 0.160. The highest BCUT2D eigenvalue weighted by Gasteiger charge is 2.72. The van der Waals surface area contributed by atoms with Gasteiger partial charge in [-0.1, -0.05) is 6.07 Å². The van der Waals surface area contributed by atoms with Crippen molar-refractivity contribution in [3.63, 3.8) is 0 Å². The molecular formula is C18H25N2O4S2+. The first-order valence-electron chi connectivity index (χ1n) is 8.92. The van der Waals surface area contributed by atoms with Crippen molar-refractivity contribution < 1.29 is 24.4 Å². The molecule has 2 saturated heterocycles. The number of carbonyl (C=O) groups is 3. The van der Waals surface area contributed by atoms with Crippen LogP contribution >= 0.6 is 23.1 Å². The molecule has 8 heteroatoms. The summed E-state index contributed by atoms with van der Waals surface area (Å²) in [7, 11) is 0. The lowest BCUT2D eigenvalue weighted by Crippen LogP contribution is -2.98. The van der Waals surface area contributed by atoms with Crippen LogP contribution in [0.2, 0.25) is 0 Å². The summed E-state index contributed by atoms with van der Waals surface area (Å²) in [6, 6.07) is 3.69. The fourth-order valence-electron chi connectivity index (χ4n) is 4.31. The Labute approximate surface area is 161 Å². The molecule has 1 aromatic heterocycles. The number of nitrogens with zero attached hydrogens (tertiary/aromatic N) is 1. The molecule has 26 heavy (non-hydrogen) atoms. The van der Waals surface area contributed by atoms with E-state index in [1.165, 1.54) is 4.90 Å². The van der Waals surface area contributed by atoms with E-state index in [1.807, 2.05) is 29.1 Å². The van der Waals surface area contributed by atoms with Gasteiger partial charge in [0.1, 0.15) is 17.9 Å². The number of likely N-dealkylation sites (tertiary alicyclic amines) is 1. The van der Waals surface area contributed by atoms with Crippen molar-refractivity contribution >= 4 is 40.9 Å². The van der Waals surface area contributed by atoms with Crippen molar-refractivity contribution in [1.82, 2.24) is 4.90 Å². The van der Waals surface area contributed by atoms with Gasteiger partial charge in [0.2, 0.25) is 17.4 Å². The van der Waals surface area contributed by atoms with E-state index in [4.69, 9.17) is 4.74 Å². The Kier molecular flexibility index (Phi) is 5.74. The largest absolute Gasteiger partial charge is 0.461 e. The highest BCUT2D eigenvalue weighted by molar-refractivity contribution is 7.98. The van der Waals surface area contributed by atoms with Crippen LogP contribution in [-0.4, -0.2) is 53.4 Å². The van der Waals surface area contributed by atoms with Crippen molar-refractivity contribution in [3.05, 3.63) is 22.4 Å². The standard InChI is InChI=1S/C18H24N2O4S2/c1-4-20-15(21)12-13(16(20)22)18(8-10-25-3,17(23)24-5-2)19-14(12)11-7-6-9-26-11/h6-7,9,12-14,19H,4-5,8,10H2,1-3H3/p+1/t12-,13+,14+,18-/m1/s1. The van der Waals surface area contributed by atoms with E-state index in [1.54, 1.807) is 36.9 Å². The minimum atomic E-state index is -1.03. The molecule has 142 valence electrons. The van der Waals surface area contributed by atoms with Gasteiger partial charge in [0.05, 0.1) is 11.5 Å². The highest BCUT2D eigenvalue weighted by Crippen LogP contribution is 2.46. The summed E-state index contributed by atoms with van der Waals surface area (Å²) < 4.78 is 5.39. The molecule has 2 aliphatic heterocycles. The van der Waals surface area contributed by atoms with Crippen LogP contribution in [0.4, 0.5) is 0 Å². The normalized spacial score (nSPS) is 30.7. The zero-order valence-electron chi connectivity index (χ0n) is 15.3. The number of ether oxygens (including phenoxy) is 1. The summed E-state index contributed by atoms with van der Waals surface area (Å²) in [6.45, 7) is 4.16. The molecule has 0 aromatic carbocycles. The van der Waals surface area contributed by atoms with Crippen molar-refractivity contribution in [2.24, 2.45) is 11.8 Å². The van der Waals surface area contributed by atoms with Gasteiger partial charge in [-0.2, -0.15) is 11.8 Å². The number of thiophene rings is 1. The third-order valence-corrected chi connectivity index (χ3v) is 7.01. The van der Waals surface area contributed by atoms with Crippen molar-refractivity contribution in [2.45, 2.75) is 31.8 Å². The summed E-state index contributed by atoms with van der Waals surface area (Å²) in [5.74, 6) is -1.20. The molecule has 0 radical (unpaired) electrons. The molecule has 0 spiro atoms. The second-order valence-corrected chi connectivity index (χ2v) is 8.60. The molecule has 2 amide bonds. The molecule has 3 heterocycles. The summed E-state index contributed by atoms with van der Waals surface area (Å²) in [6.07, 6.45) is 2.48. The fourth-order valence-corrected chi connectivity index (χ4v) is 5.69. The van der Waals surface area contributed by atoms with E-state index >= 15 is 0 Å². The summed E-state index contributed by atoms with van der Waals surface area (Å²) in [5.41, 5.74) is -1.03. The van der Waals surface area contributed by atoms with Gasteiger partial charge >= 0.3 is 5.97 Å². The van der Waals surface area contributed by atoms with E-state index in [0.717, 1.165) is 10.6 Å². The van der Waals surface area contributed by atoms with Crippen LogP contribution in [-0.2, 0) is 19.1 Å². The van der Waals surface area contributed by atoms with Crippen molar-refractivity contribution in [3.8, 4) is 0 Å². The van der Waals surface area contributed by atoms with Gasteiger partial charge < -0.3 is 10.1 Å². The SMILES string of the molecule is CCOC(=O)[C@]1(CCSC)[NH2+][C@@H](c2cccs2)[C@@H]2C(=O)N(CC)C(=O)[C@H]21. The second kappa shape index (κ2) is 7.70.